The van der Waals surface area contributed by atoms with Gasteiger partial charge >= 0.3 is 5.97 Å². The van der Waals surface area contributed by atoms with Crippen LogP contribution in [0.1, 0.15) is 38.5 Å². The van der Waals surface area contributed by atoms with E-state index in [0.29, 0.717) is 12.1 Å². The molecule has 3 aliphatic rings. The Bertz CT molecular complexity index is 250. The lowest BCUT2D eigenvalue weighted by Gasteiger charge is -2.28. The Labute approximate surface area is 84.2 Å². The van der Waals surface area contributed by atoms with Crippen LogP contribution in [0.15, 0.2) is 0 Å². The molecule has 1 aliphatic carbocycles. The van der Waals surface area contributed by atoms with Crippen molar-refractivity contribution in [2.45, 2.75) is 56.7 Å². The van der Waals surface area contributed by atoms with Crippen LogP contribution in [-0.2, 0) is 9.53 Å². The lowest BCUT2D eigenvalue weighted by atomic mass is 9.89. The van der Waals surface area contributed by atoms with E-state index in [-0.39, 0.29) is 18.0 Å². The smallest absolute Gasteiger partial charge is 0.310 e. The molecule has 78 valence electrons. The third-order valence-electron chi connectivity index (χ3n) is 3.94. The van der Waals surface area contributed by atoms with Gasteiger partial charge in [-0.05, 0) is 38.5 Å². The van der Waals surface area contributed by atoms with Crippen LogP contribution in [0.5, 0.6) is 0 Å². The summed E-state index contributed by atoms with van der Waals surface area (Å²) in [4.78, 5) is 11.8. The highest BCUT2D eigenvalue weighted by atomic mass is 16.5. The molecular weight excluding hydrogens is 178 g/mol. The molecule has 1 saturated carbocycles. The Morgan fingerprint density at radius 1 is 1.21 bits per heavy atom. The third kappa shape index (κ3) is 1.34. The predicted molar refractivity (Wildman–Crippen MR) is 51.8 cm³/mol. The SMILES string of the molecule is O=C(OC1CCC1)C1CC2CCC1N2. The molecule has 3 unspecified atom stereocenters. The maximum atomic E-state index is 11.8. The normalized spacial score (nSPS) is 41.0. The number of carbonyl (C=O) groups is 1. The number of esters is 1. The highest BCUT2D eigenvalue weighted by Gasteiger charge is 2.44. The Balaban J connectivity index is 1.57. The number of rotatable bonds is 2. The highest BCUT2D eigenvalue weighted by molar-refractivity contribution is 5.74. The third-order valence-corrected chi connectivity index (χ3v) is 3.94. The van der Waals surface area contributed by atoms with Crippen molar-refractivity contribution in [1.82, 2.24) is 5.32 Å². The van der Waals surface area contributed by atoms with Crippen LogP contribution in [0.2, 0.25) is 0 Å². The molecule has 14 heavy (non-hydrogen) atoms. The highest BCUT2D eigenvalue weighted by Crippen LogP contribution is 2.35. The maximum absolute atomic E-state index is 11.8. The van der Waals surface area contributed by atoms with E-state index in [0.717, 1.165) is 25.7 Å². The van der Waals surface area contributed by atoms with Crippen LogP contribution in [-0.4, -0.2) is 24.2 Å². The summed E-state index contributed by atoms with van der Waals surface area (Å²) in [6, 6.07) is 1.02. The quantitative estimate of drug-likeness (QED) is 0.673. The minimum Gasteiger partial charge on any atom is -0.462 e. The number of hydrogen-bond acceptors (Lipinski definition) is 3. The standard InChI is InChI=1S/C11H17NO2/c13-11(14-8-2-1-3-8)9-6-7-4-5-10(9)12-7/h7-10,12H,1-6H2. The number of carbonyl (C=O) groups excluding carboxylic acids is 1. The second-order valence-corrected chi connectivity index (χ2v) is 4.88. The molecule has 1 N–H and O–H groups in total. The van der Waals surface area contributed by atoms with Crippen molar-refractivity contribution in [2.75, 3.05) is 0 Å². The van der Waals surface area contributed by atoms with Crippen molar-refractivity contribution in [3.63, 3.8) is 0 Å². The Morgan fingerprint density at radius 3 is 2.57 bits per heavy atom. The fraction of sp³-hybridized carbons (Fsp3) is 0.909. The topological polar surface area (TPSA) is 38.3 Å². The van der Waals surface area contributed by atoms with Crippen molar-refractivity contribution in [3.8, 4) is 0 Å². The molecule has 0 aromatic rings. The first-order valence-electron chi connectivity index (χ1n) is 5.79. The fourth-order valence-corrected chi connectivity index (χ4v) is 2.82. The minimum absolute atomic E-state index is 0.0643. The molecule has 3 heteroatoms. The Kier molecular flexibility index (Phi) is 2.01. The van der Waals surface area contributed by atoms with Gasteiger partial charge in [0, 0.05) is 12.1 Å². The summed E-state index contributed by atoms with van der Waals surface area (Å²) in [6.45, 7) is 0. The van der Waals surface area contributed by atoms with Crippen molar-refractivity contribution in [3.05, 3.63) is 0 Å². The van der Waals surface area contributed by atoms with Gasteiger partial charge in [-0.15, -0.1) is 0 Å². The van der Waals surface area contributed by atoms with Gasteiger partial charge in [0.1, 0.15) is 6.10 Å². The van der Waals surface area contributed by atoms with Gasteiger partial charge < -0.3 is 10.1 Å². The first kappa shape index (κ1) is 8.72. The van der Waals surface area contributed by atoms with Gasteiger partial charge in [0.2, 0.25) is 0 Å². The molecule has 3 nitrogen and oxygen atoms in total. The zero-order valence-electron chi connectivity index (χ0n) is 8.37. The van der Waals surface area contributed by atoms with Gasteiger partial charge in [-0.3, -0.25) is 4.79 Å². The van der Waals surface area contributed by atoms with Gasteiger partial charge in [-0.25, -0.2) is 0 Å². The van der Waals surface area contributed by atoms with Crippen LogP contribution in [0.3, 0.4) is 0 Å². The molecule has 3 rings (SSSR count). The van der Waals surface area contributed by atoms with Gasteiger partial charge in [0.15, 0.2) is 0 Å². The summed E-state index contributed by atoms with van der Waals surface area (Å²) in [5.41, 5.74) is 0. The van der Waals surface area contributed by atoms with E-state index in [1.807, 2.05) is 0 Å². The molecule has 2 heterocycles. The molecule has 0 radical (unpaired) electrons. The van der Waals surface area contributed by atoms with Crippen LogP contribution in [0.25, 0.3) is 0 Å². The summed E-state index contributed by atoms with van der Waals surface area (Å²) < 4.78 is 5.44. The fourth-order valence-electron chi connectivity index (χ4n) is 2.82. The number of fused-ring (bicyclic) bond motifs is 2. The Morgan fingerprint density at radius 2 is 2.07 bits per heavy atom. The number of nitrogens with one attached hydrogen (secondary N) is 1. The van der Waals surface area contributed by atoms with Gasteiger partial charge in [-0.1, -0.05) is 0 Å². The Hall–Kier alpha value is -0.570. The second kappa shape index (κ2) is 3.23. The average molecular weight is 195 g/mol. The zero-order valence-corrected chi connectivity index (χ0v) is 8.37. The summed E-state index contributed by atoms with van der Waals surface area (Å²) in [5.74, 6) is 0.226. The van der Waals surface area contributed by atoms with Gasteiger partial charge in [0.25, 0.3) is 0 Å². The molecule has 0 aromatic heterocycles. The zero-order chi connectivity index (χ0) is 9.54. The molecule has 2 bridgehead atoms. The van der Waals surface area contributed by atoms with E-state index in [4.69, 9.17) is 4.74 Å². The van der Waals surface area contributed by atoms with E-state index in [1.165, 1.54) is 12.8 Å². The summed E-state index contributed by atoms with van der Waals surface area (Å²) in [7, 11) is 0. The van der Waals surface area contributed by atoms with Crippen molar-refractivity contribution >= 4 is 5.97 Å². The molecule has 3 atom stereocenters. The van der Waals surface area contributed by atoms with Gasteiger partial charge in [0.05, 0.1) is 5.92 Å². The van der Waals surface area contributed by atoms with E-state index >= 15 is 0 Å². The molecular formula is C11H17NO2. The molecule has 3 fully saturated rings. The summed E-state index contributed by atoms with van der Waals surface area (Å²) >= 11 is 0. The lowest BCUT2D eigenvalue weighted by molar-refractivity contribution is -0.158. The van der Waals surface area contributed by atoms with E-state index in [2.05, 4.69) is 5.32 Å². The summed E-state index contributed by atoms with van der Waals surface area (Å²) in [6.07, 6.45) is 7.07. The van der Waals surface area contributed by atoms with E-state index in [9.17, 15) is 4.79 Å². The first-order chi connectivity index (χ1) is 6.83. The predicted octanol–water partition coefficient (Wildman–Crippen LogP) is 1.22. The van der Waals surface area contributed by atoms with E-state index < -0.39 is 0 Å². The second-order valence-electron chi connectivity index (χ2n) is 4.88. The first-order valence-corrected chi connectivity index (χ1v) is 5.79. The van der Waals surface area contributed by atoms with Crippen molar-refractivity contribution in [2.24, 2.45) is 5.92 Å². The van der Waals surface area contributed by atoms with Crippen LogP contribution >= 0.6 is 0 Å². The summed E-state index contributed by atoms with van der Waals surface area (Å²) in [5, 5.41) is 3.47. The van der Waals surface area contributed by atoms with Crippen molar-refractivity contribution in [1.29, 1.82) is 0 Å². The monoisotopic (exact) mass is 195 g/mol. The van der Waals surface area contributed by atoms with E-state index in [1.54, 1.807) is 0 Å². The van der Waals surface area contributed by atoms with Crippen LogP contribution < -0.4 is 5.32 Å². The lowest BCUT2D eigenvalue weighted by Crippen LogP contribution is -2.34. The largest absolute Gasteiger partial charge is 0.462 e. The van der Waals surface area contributed by atoms with Crippen LogP contribution in [0.4, 0.5) is 0 Å². The van der Waals surface area contributed by atoms with Crippen molar-refractivity contribution < 1.29 is 9.53 Å². The molecule has 2 saturated heterocycles. The molecule has 0 amide bonds. The minimum atomic E-state index is 0.0643. The van der Waals surface area contributed by atoms with Crippen LogP contribution in [0, 0.1) is 5.92 Å². The molecule has 2 aliphatic heterocycles. The molecule has 0 spiro atoms. The number of ether oxygens (including phenoxy) is 1. The average Bonchev–Trinajstić information content (AvgIpc) is 2.71. The number of hydrogen-bond donors (Lipinski definition) is 1. The van der Waals surface area contributed by atoms with Gasteiger partial charge in [-0.2, -0.15) is 0 Å². The maximum Gasteiger partial charge on any atom is 0.310 e. The molecule has 0 aromatic carbocycles.